The summed E-state index contributed by atoms with van der Waals surface area (Å²) in [6.45, 7) is 4.09. The monoisotopic (exact) mass is 339 g/mol. The second kappa shape index (κ2) is 6.78. The molecule has 2 aromatic carbocycles. The van der Waals surface area contributed by atoms with Crippen LogP contribution in [0.3, 0.4) is 0 Å². The fourth-order valence-corrected chi connectivity index (χ4v) is 3.08. The van der Waals surface area contributed by atoms with Crippen LogP contribution in [0, 0.1) is 6.92 Å². The average Bonchev–Trinajstić information content (AvgIpc) is 2.90. The fraction of sp³-hybridized carbons (Fsp3) is 0.300. The van der Waals surface area contributed by atoms with Crippen LogP contribution in [0.25, 0.3) is 0 Å². The standard InChI is InChI=1S/C20H22ClN3/c1-13-5-10-18-16(11-13)12-19(15-6-8-17(21)9-7-15)20(18)23-22-14(2)24(3)4/h5-11,19H,12H2,1-4H3/b22-14+,23-20-. The lowest BCUT2D eigenvalue weighted by molar-refractivity contribution is 0.615. The molecular formula is C20H22ClN3. The maximum Gasteiger partial charge on any atom is 0.123 e. The molecule has 1 atom stereocenters. The van der Waals surface area contributed by atoms with Gasteiger partial charge in [-0.3, -0.25) is 0 Å². The van der Waals surface area contributed by atoms with Crippen molar-refractivity contribution in [2.75, 3.05) is 14.1 Å². The third kappa shape index (κ3) is 3.36. The molecular weight excluding hydrogens is 318 g/mol. The zero-order valence-electron chi connectivity index (χ0n) is 14.5. The van der Waals surface area contributed by atoms with Crippen molar-refractivity contribution in [3.05, 3.63) is 69.7 Å². The lowest BCUT2D eigenvalue weighted by atomic mass is 9.95. The van der Waals surface area contributed by atoms with Crippen LogP contribution in [-0.4, -0.2) is 30.5 Å². The molecule has 1 aliphatic rings. The first-order chi connectivity index (χ1) is 11.5. The molecule has 0 bridgehead atoms. The van der Waals surface area contributed by atoms with E-state index >= 15 is 0 Å². The molecule has 1 aliphatic carbocycles. The minimum atomic E-state index is 0.220. The number of hydrogen-bond donors (Lipinski definition) is 0. The number of fused-ring (bicyclic) bond motifs is 1. The van der Waals surface area contributed by atoms with E-state index in [0.717, 1.165) is 23.0 Å². The highest BCUT2D eigenvalue weighted by Crippen LogP contribution is 2.35. The molecule has 3 rings (SSSR count). The number of halogens is 1. The first kappa shape index (κ1) is 16.7. The minimum Gasteiger partial charge on any atom is -0.365 e. The molecule has 4 heteroatoms. The zero-order valence-corrected chi connectivity index (χ0v) is 15.3. The van der Waals surface area contributed by atoms with Gasteiger partial charge in [-0.2, -0.15) is 5.10 Å². The normalized spacial score (nSPS) is 18.8. The van der Waals surface area contributed by atoms with Gasteiger partial charge in [-0.15, -0.1) is 5.10 Å². The molecule has 124 valence electrons. The smallest absolute Gasteiger partial charge is 0.123 e. The van der Waals surface area contributed by atoms with Gasteiger partial charge in [-0.25, -0.2) is 0 Å². The molecule has 0 saturated heterocycles. The third-order valence-electron chi connectivity index (χ3n) is 4.51. The lowest BCUT2D eigenvalue weighted by Gasteiger charge is -2.12. The number of aryl methyl sites for hydroxylation is 1. The van der Waals surface area contributed by atoms with Gasteiger partial charge >= 0.3 is 0 Å². The van der Waals surface area contributed by atoms with E-state index in [9.17, 15) is 0 Å². The predicted molar refractivity (Wildman–Crippen MR) is 102 cm³/mol. The number of nitrogens with zero attached hydrogens (tertiary/aromatic N) is 3. The van der Waals surface area contributed by atoms with Gasteiger partial charge in [0.05, 0.1) is 5.71 Å². The van der Waals surface area contributed by atoms with Crippen molar-refractivity contribution in [3.63, 3.8) is 0 Å². The van der Waals surface area contributed by atoms with Crippen LogP contribution in [0.5, 0.6) is 0 Å². The van der Waals surface area contributed by atoms with Crippen molar-refractivity contribution < 1.29 is 0 Å². The molecule has 0 amide bonds. The van der Waals surface area contributed by atoms with Crippen LogP contribution >= 0.6 is 11.6 Å². The van der Waals surface area contributed by atoms with Gasteiger partial charge in [0, 0.05) is 30.6 Å². The molecule has 3 nitrogen and oxygen atoms in total. The molecule has 24 heavy (non-hydrogen) atoms. The molecule has 0 spiro atoms. The second-order valence-electron chi connectivity index (χ2n) is 6.50. The Balaban J connectivity index is 2.06. The molecule has 0 saturated carbocycles. The van der Waals surface area contributed by atoms with Crippen LogP contribution in [0.1, 0.15) is 35.1 Å². The molecule has 0 aromatic heterocycles. The molecule has 0 heterocycles. The van der Waals surface area contributed by atoms with E-state index in [1.807, 2.05) is 38.1 Å². The van der Waals surface area contributed by atoms with Crippen LogP contribution in [0.2, 0.25) is 5.02 Å². The van der Waals surface area contributed by atoms with Crippen molar-refractivity contribution in [3.8, 4) is 0 Å². The summed E-state index contributed by atoms with van der Waals surface area (Å²) in [5, 5.41) is 9.81. The van der Waals surface area contributed by atoms with Crippen molar-refractivity contribution in [1.29, 1.82) is 0 Å². The van der Waals surface area contributed by atoms with Gasteiger partial charge in [0.25, 0.3) is 0 Å². The van der Waals surface area contributed by atoms with Crippen molar-refractivity contribution in [2.24, 2.45) is 10.2 Å². The summed E-state index contributed by atoms with van der Waals surface area (Å²) in [6.07, 6.45) is 0.952. The molecule has 0 fully saturated rings. The quantitative estimate of drug-likeness (QED) is 0.444. The summed E-state index contributed by atoms with van der Waals surface area (Å²) in [6, 6.07) is 14.6. The van der Waals surface area contributed by atoms with Gasteiger partial charge in [0.15, 0.2) is 0 Å². The number of benzene rings is 2. The Morgan fingerprint density at radius 1 is 1.12 bits per heavy atom. The van der Waals surface area contributed by atoms with E-state index < -0.39 is 0 Å². The topological polar surface area (TPSA) is 28.0 Å². The van der Waals surface area contributed by atoms with E-state index in [0.29, 0.717) is 0 Å². The Morgan fingerprint density at radius 2 is 1.83 bits per heavy atom. The Kier molecular flexibility index (Phi) is 4.72. The van der Waals surface area contributed by atoms with Crippen molar-refractivity contribution >= 4 is 23.1 Å². The highest BCUT2D eigenvalue weighted by Gasteiger charge is 2.30. The van der Waals surface area contributed by atoms with Crippen LogP contribution in [0.4, 0.5) is 0 Å². The summed E-state index contributed by atoms with van der Waals surface area (Å²) in [5.41, 5.74) is 6.08. The molecule has 2 aromatic rings. The maximum absolute atomic E-state index is 6.04. The van der Waals surface area contributed by atoms with E-state index in [1.165, 1.54) is 22.3 Å². The van der Waals surface area contributed by atoms with Gasteiger partial charge in [0.1, 0.15) is 5.84 Å². The largest absolute Gasteiger partial charge is 0.365 e. The first-order valence-electron chi connectivity index (χ1n) is 8.10. The van der Waals surface area contributed by atoms with E-state index in [-0.39, 0.29) is 5.92 Å². The summed E-state index contributed by atoms with van der Waals surface area (Å²) >= 11 is 6.04. The number of rotatable bonds is 2. The van der Waals surface area contributed by atoms with Gasteiger partial charge in [-0.05, 0) is 43.5 Å². The van der Waals surface area contributed by atoms with Gasteiger partial charge in [-0.1, -0.05) is 47.5 Å². The van der Waals surface area contributed by atoms with Crippen LogP contribution < -0.4 is 0 Å². The molecule has 0 aliphatic heterocycles. The summed E-state index contributed by atoms with van der Waals surface area (Å²) < 4.78 is 0. The first-order valence-corrected chi connectivity index (χ1v) is 8.48. The van der Waals surface area contributed by atoms with Crippen LogP contribution in [-0.2, 0) is 6.42 Å². The Labute approximate surface area is 148 Å². The van der Waals surface area contributed by atoms with Crippen molar-refractivity contribution in [1.82, 2.24) is 4.90 Å². The SMILES string of the molecule is C/C(=N\N=C1\c2ccc(C)cc2CC1c1ccc(Cl)cc1)N(C)C. The average molecular weight is 340 g/mol. The second-order valence-corrected chi connectivity index (χ2v) is 6.93. The lowest BCUT2D eigenvalue weighted by Crippen LogP contribution is -2.18. The maximum atomic E-state index is 6.04. The summed E-state index contributed by atoms with van der Waals surface area (Å²) in [4.78, 5) is 1.96. The van der Waals surface area contributed by atoms with Crippen molar-refractivity contribution in [2.45, 2.75) is 26.2 Å². The minimum absolute atomic E-state index is 0.220. The highest BCUT2D eigenvalue weighted by atomic mass is 35.5. The van der Waals surface area contributed by atoms with E-state index in [2.05, 4.69) is 47.5 Å². The summed E-state index contributed by atoms with van der Waals surface area (Å²) in [7, 11) is 3.95. The zero-order chi connectivity index (χ0) is 17.3. The number of hydrogen-bond acceptors (Lipinski definition) is 2. The third-order valence-corrected chi connectivity index (χ3v) is 4.76. The van der Waals surface area contributed by atoms with Gasteiger partial charge < -0.3 is 4.90 Å². The fourth-order valence-electron chi connectivity index (χ4n) is 2.96. The molecule has 0 radical (unpaired) electrons. The highest BCUT2D eigenvalue weighted by molar-refractivity contribution is 6.30. The number of amidine groups is 1. The Morgan fingerprint density at radius 3 is 2.50 bits per heavy atom. The molecule has 1 unspecified atom stereocenters. The van der Waals surface area contributed by atoms with E-state index in [4.69, 9.17) is 11.6 Å². The predicted octanol–water partition coefficient (Wildman–Crippen LogP) is 4.67. The Bertz CT molecular complexity index is 804. The Hall–Kier alpha value is -2.13. The van der Waals surface area contributed by atoms with Gasteiger partial charge in [0.2, 0.25) is 0 Å². The van der Waals surface area contributed by atoms with E-state index in [1.54, 1.807) is 0 Å². The summed E-state index contributed by atoms with van der Waals surface area (Å²) in [5.74, 6) is 1.11. The van der Waals surface area contributed by atoms with Crippen LogP contribution in [0.15, 0.2) is 52.7 Å². The molecule has 0 N–H and O–H groups in total.